The molecule has 3 rings (SSSR count). The van der Waals surface area contributed by atoms with Crippen LogP contribution < -0.4 is 13.1 Å². The third-order valence-electron chi connectivity index (χ3n) is 3.26. The predicted molar refractivity (Wildman–Crippen MR) is 111 cm³/mol. The Labute approximate surface area is 172 Å². The quantitative estimate of drug-likeness (QED) is 0.713. The monoisotopic (exact) mass is 455 g/mol. The number of para-hydroxylation sites is 2. The third kappa shape index (κ3) is 11.5. The van der Waals surface area contributed by atoms with E-state index in [9.17, 15) is 10.2 Å². The van der Waals surface area contributed by atoms with Gasteiger partial charge in [-0.3, -0.25) is 0 Å². The Bertz CT molecular complexity index is 753. The van der Waals surface area contributed by atoms with E-state index in [0.717, 1.165) is 6.42 Å². The van der Waals surface area contributed by atoms with Crippen LogP contribution in [0, 0.1) is 0 Å². The van der Waals surface area contributed by atoms with Gasteiger partial charge in [-0.2, -0.15) is 0 Å². The molecule has 0 saturated heterocycles. The molecule has 0 atom stereocenters. The van der Waals surface area contributed by atoms with Crippen molar-refractivity contribution in [1.82, 2.24) is 2.93 Å². The molecule has 2 aromatic carbocycles. The van der Waals surface area contributed by atoms with Crippen molar-refractivity contribution < 1.29 is 31.8 Å². The van der Waals surface area contributed by atoms with Gasteiger partial charge >= 0.3 is 90.2 Å². The van der Waals surface area contributed by atoms with Crippen LogP contribution in [0.3, 0.4) is 0 Å². The molecule has 0 saturated carbocycles. The first-order valence-electron chi connectivity index (χ1n) is 8.80. The van der Waals surface area contributed by atoms with Crippen LogP contribution in [0.15, 0.2) is 88.8 Å². The summed E-state index contributed by atoms with van der Waals surface area (Å²) in [6, 6.07) is 16.7. The number of benzene rings is 2. The summed E-state index contributed by atoms with van der Waals surface area (Å²) < 4.78 is 8.65. The van der Waals surface area contributed by atoms with Gasteiger partial charge in [0.25, 0.3) is 0 Å². The fourth-order valence-corrected chi connectivity index (χ4v) is 12.4. The Morgan fingerprint density at radius 2 is 1.41 bits per heavy atom. The Morgan fingerprint density at radius 1 is 0.926 bits per heavy atom. The molecule has 0 heterocycles. The van der Waals surface area contributed by atoms with E-state index in [2.05, 4.69) is 50.7 Å². The molecule has 0 radical (unpaired) electrons. The number of hydrogen-bond donors (Lipinski definition) is 1. The van der Waals surface area contributed by atoms with E-state index in [1.54, 1.807) is 27.5 Å². The Balaban J connectivity index is 0.000000220. The van der Waals surface area contributed by atoms with E-state index in [0.29, 0.717) is 0 Å². The maximum Gasteiger partial charge on any atom is -0.0623 e. The van der Waals surface area contributed by atoms with Gasteiger partial charge in [-0.25, -0.2) is 0 Å². The average molecular weight is 457 g/mol. The zero-order chi connectivity index (χ0) is 20.1. The summed E-state index contributed by atoms with van der Waals surface area (Å²) in [7, 11) is -1.14. The second-order valence-corrected chi connectivity index (χ2v) is 17.8. The maximum atomic E-state index is 10.3. The van der Waals surface area contributed by atoms with Crippen LogP contribution in [0.1, 0.15) is 6.42 Å². The minimum absolute atomic E-state index is 0.0718. The number of nitrogens with one attached hydrogen (secondary N) is 1. The number of rotatable bonds is 3. The molecular weight excluding hydrogens is 430 g/mol. The van der Waals surface area contributed by atoms with Crippen molar-refractivity contribution in [2.75, 3.05) is 0 Å². The van der Waals surface area contributed by atoms with Crippen LogP contribution in [0.4, 0.5) is 0 Å². The summed E-state index contributed by atoms with van der Waals surface area (Å²) in [6.07, 6.45) is 7.76. The molecular formula is C22H27NO2SiZr. The molecule has 1 N–H and O–H groups in total. The molecule has 3 nitrogen and oxygen atoms in total. The number of hydrogen-bond acceptors (Lipinski definition) is 3. The minimum atomic E-state index is -1.72. The Morgan fingerprint density at radius 3 is 1.67 bits per heavy atom. The van der Waals surface area contributed by atoms with Crippen molar-refractivity contribution in [2.24, 2.45) is 0 Å². The molecule has 1 aliphatic rings. The van der Waals surface area contributed by atoms with Crippen LogP contribution in [0.5, 0.6) is 11.5 Å². The second kappa shape index (κ2) is 12.6. The van der Waals surface area contributed by atoms with Gasteiger partial charge in [0.1, 0.15) is 0 Å². The van der Waals surface area contributed by atoms with E-state index >= 15 is 0 Å². The van der Waals surface area contributed by atoms with Crippen molar-refractivity contribution in [3.63, 3.8) is 0 Å². The summed E-state index contributed by atoms with van der Waals surface area (Å²) in [5, 5.41) is 20.5. The molecule has 0 aromatic heterocycles. The standard InChI is InChI=1S/2C6H6O.C5H5.C3H10NSi.C2H2.Zr/c2*7-6-4-2-1-3-5-6;1-2-4-5-3-1;1-5(2,3)4;1-2;/h2*1-5,7H;1-3H,4H2;4H,1-3H3;1H2;/q;;;-1;;+3/p-2. The second-order valence-electron chi connectivity index (χ2n) is 6.88. The van der Waals surface area contributed by atoms with E-state index in [4.69, 9.17) is 0 Å². The first kappa shape index (κ1) is 23.3. The third-order valence-corrected chi connectivity index (χ3v) is 15.0. The summed E-state index contributed by atoms with van der Waals surface area (Å²) >= 11 is -1.72. The van der Waals surface area contributed by atoms with E-state index < -0.39 is 29.8 Å². The fraction of sp³-hybridized carbons (Fsp3) is 0.182. The molecule has 27 heavy (non-hydrogen) atoms. The van der Waals surface area contributed by atoms with Gasteiger partial charge in [0, 0.05) is 0 Å². The topological polar surface area (TPSA) is 58.1 Å². The van der Waals surface area contributed by atoms with Crippen LogP contribution in [0.2, 0.25) is 19.6 Å². The zero-order valence-corrected chi connectivity index (χ0v) is 19.7. The van der Waals surface area contributed by atoms with Crippen molar-refractivity contribution in [3.8, 4) is 11.5 Å². The van der Waals surface area contributed by atoms with Gasteiger partial charge in [0.2, 0.25) is 0 Å². The smallest absolute Gasteiger partial charge is 0.0623 e. The number of allylic oxidation sites excluding steroid dienone is 4. The van der Waals surface area contributed by atoms with Crippen molar-refractivity contribution in [1.29, 1.82) is 0 Å². The molecule has 5 heteroatoms. The van der Waals surface area contributed by atoms with E-state index in [-0.39, 0.29) is 11.5 Å². The molecule has 140 valence electrons. The van der Waals surface area contributed by atoms with Crippen LogP contribution in [0.25, 0.3) is 0 Å². The first-order valence-corrected chi connectivity index (χ1v) is 16.0. The minimum Gasteiger partial charge on any atom is -0.872 e. The molecule has 0 aliphatic heterocycles. The molecule has 0 unspecified atom stereocenters. The first-order chi connectivity index (χ1) is 12.8. The Hall–Kier alpha value is -1.77. The molecule has 1 aliphatic carbocycles. The Kier molecular flexibility index (Phi) is 10.8. The predicted octanol–water partition coefficient (Wildman–Crippen LogP) is 3.90. The fourth-order valence-electron chi connectivity index (χ4n) is 2.09. The maximum absolute atomic E-state index is 10.3. The molecule has 0 spiro atoms. The van der Waals surface area contributed by atoms with E-state index in [1.807, 2.05) is 12.1 Å². The summed E-state index contributed by atoms with van der Waals surface area (Å²) in [6.45, 7) is 10.9. The van der Waals surface area contributed by atoms with Gasteiger partial charge < -0.3 is 10.2 Å². The summed E-state index contributed by atoms with van der Waals surface area (Å²) in [5.74, 6) is 0.144. The molecule has 0 bridgehead atoms. The zero-order valence-electron chi connectivity index (χ0n) is 16.2. The van der Waals surface area contributed by atoms with E-state index in [1.165, 1.54) is 24.3 Å². The van der Waals surface area contributed by atoms with Gasteiger partial charge in [-0.05, 0) is 0 Å². The van der Waals surface area contributed by atoms with Gasteiger partial charge in [-0.1, -0.05) is 60.7 Å². The van der Waals surface area contributed by atoms with Crippen molar-refractivity contribution >= 4 is 11.6 Å². The molecule has 2 aromatic rings. The van der Waals surface area contributed by atoms with Gasteiger partial charge in [0.15, 0.2) is 0 Å². The molecule has 0 amide bonds. The van der Waals surface area contributed by atoms with Crippen molar-refractivity contribution in [3.05, 3.63) is 88.8 Å². The SMILES string of the molecule is C=[C]=[Zr+2]([NH][Si](C)(C)C)[C]1=CC=CC1.[O-]c1ccccc1.[O-]c1ccccc1. The van der Waals surface area contributed by atoms with Crippen molar-refractivity contribution in [2.45, 2.75) is 26.1 Å². The average Bonchev–Trinajstić information content (AvgIpc) is 3.16. The largest absolute Gasteiger partial charge is 0.872 e. The van der Waals surface area contributed by atoms with Gasteiger partial charge in [0.05, 0.1) is 0 Å². The van der Waals surface area contributed by atoms with Crippen LogP contribution in [-0.4, -0.2) is 11.6 Å². The van der Waals surface area contributed by atoms with Crippen LogP contribution in [-0.2, 0) is 21.6 Å². The van der Waals surface area contributed by atoms with Crippen LogP contribution >= 0.6 is 0 Å². The normalized spacial score (nSPS) is 11.6. The molecule has 0 fully saturated rings. The van der Waals surface area contributed by atoms with Gasteiger partial charge in [-0.15, -0.1) is 11.5 Å². The summed E-state index contributed by atoms with van der Waals surface area (Å²) in [5.41, 5.74) is 0. The summed E-state index contributed by atoms with van der Waals surface area (Å²) in [4.78, 5) is 0.